The van der Waals surface area contributed by atoms with Crippen LogP contribution in [0.25, 0.3) is 0 Å². The van der Waals surface area contributed by atoms with Crippen LogP contribution in [0, 0.1) is 46.3 Å². The first-order valence-electron chi connectivity index (χ1n) is 10.8. The highest BCUT2D eigenvalue weighted by molar-refractivity contribution is 5.79. The molecule has 4 aliphatic carbocycles. The van der Waals surface area contributed by atoms with E-state index in [0.717, 1.165) is 42.9 Å². The van der Waals surface area contributed by atoms with Gasteiger partial charge in [-0.2, -0.15) is 0 Å². The molecular weight excluding hydrogens is 308 g/mol. The molecule has 0 bridgehead atoms. The zero-order chi connectivity index (χ0) is 18.2. The molecule has 4 rings (SSSR count). The van der Waals surface area contributed by atoms with Crippen molar-refractivity contribution >= 4 is 5.78 Å². The van der Waals surface area contributed by atoms with Gasteiger partial charge in [0.05, 0.1) is 5.60 Å². The minimum atomic E-state index is -0.457. The van der Waals surface area contributed by atoms with Crippen LogP contribution in [-0.2, 0) is 4.79 Å². The predicted molar refractivity (Wildman–Crippen MR) is 101 cm³/mol. The van der Waals surface area contributed by atoms with E-state index in [9.17, 15) is 9.90 Å². The SMILES string of the molecule is CC(=O)C1CCC2C3CC(C)(C)C4CC(C)(O)CCC4C3CCC12C. The molecule has 0 aromatic rings. The van der Waals surface area contributed by atoms with E-state index in [4.69, 9.17) is 0 Å². The Kier molecular flexibility index (Phi) is 4.01. The number of aliphatic hydroxyl groups is 1. The standard InChI is InChI=1S/C23H38O2/c1-14(24)18-6-7-19-17-12-21(2,3)20-13-22(4,25)10-8-16(20)15(17)9-11-23(18,19)5/h15-20,25H,6-13H2,1-5H3. The van der Waals surface area contributed by atoms with Crippen molar-refractivity contribution in [1.82, 2.24) is 0 Å². The Bertz CT molecular complexity index is 562. The fraction of sp³-hybridized carbons (Fsp3) is 0.957. The summed E-state index contributed by atoms with van der Waals surface area (Å²) in [5.74, 6) is 4.63. The zero-order valence-corrected chi connectivity index (χ0v) is 17.0. The van der Waals surface area contributed by atoms with Crippen molar-refractivity contribution in [3.63, 3.8) is 0 Å². The van der Waals surface area contributed by atoms with Crippen molar-refractivity contribution in [2.24, 2.45) is 46.3 Å². The Labute approximate surface area is 154 Å². The van der Waals surface area contributed by atoms with Gasteiger partial charge in [0.25, 0.3) is 0 Å². The summed E-state index contributed by atoms with van der Waals surface area (Å²) < 4.78 is 0. The van der Waals surface area contributed by atoms with Crippen LogP contribution in [0.3, 0.4) is 0 Å². The third kappa shape index (κ3) is 2.65. The Morgan fingerprint density at radius 1 is 0.840 bits per heavy atom. The van der Waals surface area contributed by atoms with Crippen LogP contribution in [0.4, 0.5) is 0 Å². The second-order valence-electron chi connectivity index (χ2n) is 11.4. The van der Waals surface area contributed by atoms with Gasteiger partial charge in [-0.05, 0) is 106 Å². The van der Waals surface area contributed by atoms with Crippen molar-refractivity contribution in [3.8, 4) is 0 Å². The van der Waals surface area contributed by atoms with E-state index in [-0.39, 0.29) is 5.41 Å². The van der Waals surface area contributed by atoms with Crippen LogP contribution in [0.15, 0.2) is 0 Å². The average molecular weight is 347 g/mol. The van der Waals surface area contributed by atoms with E-state index in [1.54, 1.807) is 0 Å². The minimum absolute atomic E-state index is 0.260. The van der Waals surface area contributed by atoms with Gasteiger partial charge >= 0.3 is 0 Å². The van der Waals surface area contributed by atoms with Crippen LogP contribution in [0.5, 0.6) is 0 Å². The lowest BCUT2D eigenvalue weighted by atomic mass is 9.44. The number of fused-ring (bicyclic) bond motifs is 5. The Balaban J connectivity index is 1.64. The number of carbonyl (C=O) groups excluding carboxylic acids is 1. The van der Waals surface area contributed by atoms with E-state index in [1.165, 1.54) is 32.1 Å². The number of Topliss-reactive ketones (excluding diaryl/α,β-unsaturated/α-hetero) is 1. The number of hydrogen-bond donors (Lipinski definition) is 1. The second-order valence-corrected chi connectivity index (χ2v) is 11.4. The number of carbonyl (C=O) groups is 1. The summed E-state index contributed by atoms with van der Waals surface area (Å²) in [6.07, 6.45) is 9.46. The number of rotatable bonds is 1. The molecule has 0 aliphatic heterocycles. The smallest absolute Gasteiger partial charge is 0.133 e. The lowest BCUT2D eigenvalue weighted by Gasteiger charge is -2.61. The molecule has 0 saturated heterocycles. The largest absolute Gasteiger partial charge is 0.390 e. The molecule has 2 heteroatoms. The van der Waals surface area contributed by atoms with Crippen molar-refractivity contribution in [2.75, 3.05) is 0 Å². The molecule has 8 unspecified atom stereocenters. The first kappa shape index (κ1) is 18.0. The van der Waals surface area contributed by atoms with Gasteiger partial charge in [0.1, 0.15) is 5.78 Å². The highest BCUT2D eigenvalue weighted by Crippen LogP contribution is 2.67. The predicted octanol–water partition coefficient (Wildman–Crippen LogP) is 5.23. The third-order valence-electron chi connectivity index (χ3n) is 9.49. The summed E-state index contributed by atoms with van der Waals surface area (Å²) in [6, 6.07) is 0. The van der Waals surface area contributed by atoms with E-state index in [2.05, 4.69) is 27.7 Å². The molecule has 0 amide bonds. The van der Waals surface area contributed by atoms with Gasteiger partial charge in [-0.15, -0.1) is 0 Å². The Morgan fingerprint density at radius 2 is 1.52 bits per heavy atom. The summed E-state index contributed by atoms with van der Waals surface area (Å²) in [7, 11) is 0. The summed E-state index contributed by atoms with van der Waals surface area (Å²) in [5.41, 5.74) is 0.125. The molecule has 142 valence electrons. The molecular formula is C23H38O2. The maximum Gasteiger partial charge on any atom is 0.133 e. The molecule has 4 aliphatic rings. The monoisotopic (exact) mass is 346 g/mol. The molecule has 4 fully saturated rings. The molecule has 4 saturated carbocycles. The summed E-state index contributed by atoms with van der Waals surface area (Å²) in [6.45, 7) is 11.3. The van der Waals surface area contributed by atoms with Gasteiger partial charge in [-0.1, -0.05) is 20.8 Å². The zero-order valence-electron chi connectivity index (χ0n) is 17.0. The second kappa shape index (κ2) is 5.57. The van der Waals surface area contributed by atoms with Gasteiger partial charge < -0.3 is 5.11 Å². The number of ketones is 1. The van der Waals surface area contributed by atoms with E-state index >= 15 is 0 Å². The van der Waals surface area contributed by atoms with Crippen molar-refractivity contribution in [2.45, 2.75) is 91.6 Å². The average Bonchev–Trinajstić information content (AvgIpc) is 2.84. The first-order chi connectivity index (χ1) is 11.6. The Morgan fingerprint density at radius 3 is 2.20 bits per heavy atom. The Hall–Kier alpha value is -0.370. The van der Waals surface area contributed by atoms with Crippen LogP contribution in [0.2, 0.25) is 0 Å². The molecule has 0 radical (unpaired) electrons. The van der Waals surface area contributed by atoms with E-state index < -0.39 is 5.60 Å². The summed E-state index contributed by atoms with van der Waals surface area (Å²) in [4.78, 5) is 12.3. The molecule has 0 spiro atoms. The fourth-order valence-corrected chi connectivity index (χ4v) is 8.34. The van der Waals surface area contributed by atoms with Crippen molar-refractivity contribution < 1.29 is 9.90 Å². The fourth-order valence-electron chi connectivity index (χ4n) is 8.34. The molecule has 2 nitrogen and oxygen atoms in total. The molecule has 0 aromatic carbocycles. The van der Waals surface area contributed by atoms with E-state index in [0.29, 0.717) is 23.0 Å². The maximum atomic E-state index is 12.3. The van der Waals surface area contributed by atoms with E-state index in [1.807, 2.05) is 6.92 Å². The molecule has 0 heterocycles. The van der Waals surface area contributed by atoms with Crippen LogP contribution < -0.4 is 0 Å². The number of hydrogen-bond acceptors (Lipinski definition) is 2. The lowest BCUT2D eigenvalue weighted by Crippen LogP contribution is -2.55. The van der Waals surface area contributed by atoms with Crippen LogP contribution in [0.1, 0.15) is 86.0 Å². The van der Waals surface area contributed by atoms with Crippen molar-refractivity contribution in [1.29, 1.82) is 0 Å². The molecule has 25 heavy (non-hydrogen) atoms. The minimum Gasteiger partial charge on any atom is -0.390 e. The molecule has 8 atom stereocenters. The first-order valence-corrected chi connectivity index (χ1v) is 10.8. The highest BCUT2D eigenvalue weighted by Gasteiger charge is 2.61. The van der Waals surface area contributed by atoms with Gasteiger partial charge in [0.15, 0.2) is 0 Å². The maximum absolute atomic E-state index is 12.3. The lowest BCUT2D eigenvalue weighted by molar-refractivity contribution is -0.149. The highest BCUT2D eigenvalue weighted by atomic mass is 16.3. The van der Waals surface area contributed by atoms with Gasteiger partial charge in [-0.3, -0.25) is 4.79 Å². The van der Waals surface area contributed by atoms with Crippen LogP contribution in [-0.4, -0.2) is 16.5 Å². The molecule has 0 aromatic heterocycles. The van der Waals surface area contributed by atoms with Crippen LogP contribution >= 0.6 is 0 Å². The third-order valence-corrected chi connectivity index (χ3v) is 9.49. The summed E-state index contributed by atoms with van der Waals surface area (Å²) >= 11 is 0. The quantitative estimate of drug-likeness (QED) is 0.706. The normalized spacial score (nSPS) is 54.3. The van der Waals surface area contributed by atoms with Gasteiger partial charge in [0.2, 0.25) is 0 Å². The van der Waals surface area contributed by atoms with Crippen molar-refractivity contribution in [3.05, 3.63) is 0 Å². The molecule has 1 N–H and O–H groups in total. The topological polar surface area (TPSA) is 37.3 Å². The van der Waals surface area contributed by atoms with Gasteiger partial charge in [-0.25, -0.2) is 0 Å². The van der Waals surface area contributed by atoms with Gasteiger partial charge in [0, 0.05) is 5.92 Å². The summed E-state index contributed by atoms with van der Waals surface area (Å²) in [5, 5.41) is 10.7.